The molecule has 0 bridgehead atoms. The summed E-state index contributed by atoms with van der Waals surface area (Å²) in [5.74, 6) is 1.13. The van der Waals surface area contributed by atoms with Crippen LogP contribution in [-0.2, 0) is 12.8 Å². The van der Waals surface area contributed by atoms with Crippen LogP contribution in [0, 0.1) is 0 Å². The van der Waals surface area contributed by atoms with Gasteiger partial charge < -0.3 is 16.2 Å². The van der Waals surface area contributed by atoms with E-state index in [1.165, 1.54) is 11.1 Å². The molecule has 0 heterocycles. The maximum absolute atomic E-state index is 6.44. The van der Waals surface area contributed by atoms with Crippen molar-refractivity contribution >= 4 is 24.0 Å². The van der Waals surface area contributed by atoms with E-state index in [1.807, 2.05) is 24.3 Å². The second-order valence-electron chi connectivity index (χ2n) is 6.10. The van der Waals surface area contributed by atoms with Gasteiger partial charge in [-0.1, -0.05) is 35.9 Å². The Kier molecular flexibility index (Phi) is 6.93. The molecule has 0 saturated carbocycles. The SMILES string of the molecule is Cl.NCCOc1ccc2c(c1)C(Cc1ccccc1Cl)C(N)CC2. The fraction of sp³-hybridized carbons (Fsp3) is 0.368. The molecule has 130 valence electrons. The van der Waals surface area contributed by atoms with E-state index in [9.17, 15) is 0 Å². The van der Waals surface area contributed by atoms with Gasteiger partial charge in [0.15, 0.2) is 0 Å². The van der Waals surface area contributed by atoms with Crippen LogP contribution in [0.1, 0.15) is 29.0 Å². The zero-order chi connectivity index (χ0) is 16.2. The van der Waals surface area contributed by atoms with Crippen LogP contribution in [0.5, 0.6) is 5.75 Å². The zero-order valence-electron chi connectivity index (χ0n) is 13.6. The molecule has 0 aromatic heterocycles. The second kappa shape index (κ2) is 8.72. The third-order valence-corrected chi connectivity index (χ3v) is 4.93. The highest BCUT2D eigenvalue weighted by Crippen LogP contribution is 2.36. The van der Waals surface area contributed by atoms with Crippen LogP contribution in [0.25, 0.3) is 0 Å². The Balaban J connectivity index is 0.00000208. The van der Waals surface area contributed by atoms with Gasteiger partial charge >= 0.3 is 0 Å². The molecule has 2 aromatic rings. The van der Waals surface area contributed by atoms with Gasteiger partial charge in [0, 0.05) is 23.5 Å². The van der Waals surface area contributed by atoms with E-state index in [1.54, 1.807) is 0 Å². The first kappa shape index (κ1) is 19.1. The quantitative estimate of drug-likeness (QED) is 0.847. The summed E-state index contributed by atoms with van der Waals surface area (Å²) in [4.78, 5) is 0. The van der Waals surface area contributed by atoms with Crippen molar-refractivity contribution in [1.82, 2.24) is 0 Å². The van der Waals surface area contributed by atoms with Gasteiger partial charge in [-0.25, -0.2) is 0 Å². The first-order valence-corrected chi connectivity index (χ1v) is 8.51. The lowest BCUT2D eigenvalue weighted by atomic mass is 9.76. The molecule has 3 rings (SSSR count). The van der Waals surface area contributed by atoms with Crippen LogP contribution in [0.2, 0.25) is 5.02 Å². The molecule has 0 amide bonds. The van der Waals surface area contributed by atoms with Crippen LogP contribution in [0.4, 0.5) is 0 Å². The van der Waals surface area contributed by atoms with E-state index >= 15 is 0 Å². The minimum Gasteiger partial charge on any atom is -0.492 e. The molecule has 0 saturated heterocycles. The molecule has 5 heteroatoms. The molecule has 4 N–H and O–H groups in total. The van der Waals surface area contributed by atoms with Gasteiger partial charge in [-0.05, 0) is 54.2 Å². The summed E-state index contributed by atoms with van der Waals surface area (Å²) in [6.45, 7) is 1.04. The second-order valence-corrected chi connectivity index (χ2v) is 6.51. The normalized spacial score (nSPS) is 19.3. The van der Waals surface area contributed by atoms with Gasteiger partial charge in [0.25, 0.3) is 0 Å². The molecule has 1 aliphatic carbocycles. The summed E-state index contributed by atoms with van der Waals surface area (Å²) >= 11 is 6.34. The molecule has 0 spiro atoms. The predicted molar refractivity (Wildman–Crippen MR) is 102 cm³/mol. The number of halogens is 2. The predicted octanol–water partition coefficient (Wildman–Crippen LogP) is 3.70. The lowest BCUT2D eigenvalue weighted by Crippen LogP contribution is -2.34. The van der Waals surface area contributed by atoms with Gasteiger partial charge in [0.2, 0.25) is 0 Å². The third kappa shape index (κ3) is 4.22. The molecule has 2 unspecified atom stereocenters. The van der Waals surface area contributed by atoms with E-state index in [0.717, 1.165) is 35.6 Å². The molecule has 0 radical (unpaired) electrons. The topological polar surface area (TPSA) is 61.3 Å². The molecule has 1 aliphatic rings. The Labute approximate surface area is 154 Å². The number of hydrogen-bond acceptors (Lipinski definition) is 3. The van der Waals surface area contributed by atoms with Crippen molar-refractivity contribution in [2.75, 3.05) is 13.2 Å². The van der Waals surface area contributed by atoms with Crippen molar-refractivity contribution in [1.29, 1.82) is 0 Å². The smallest absolute Gasteiger partial charge is 0.119 e. The lowest BCUT2D eigenvalue weighted by molar-refractivity contribution is 0.327. The summed E-state index contributed by atoms with van der Waals surface area (Å²) in [5.41, 5.74) is 15.8. The summed E-state index contributed by atoms with van der Waals surface area (Å²) in [5, 5.41) is 0.808. The first-order valence-electron chi connectivity index (χ1n) is 8.13. The molecule has 24 heavy (non-hydrogen) atoms. The number of aryl methyl sites for hydroxylation is 1. The molecule has 0 aliphatic heterocycles. The van der Waals surface area contributed by atoms with Crippen LogP contribution in [0.15, 0.2) is 42.5 Å². The van der Waals surface area contributed by atoms with Crippen LogP contribution in [-0.4, -0.2) is 19.2 Å². The van der Waals surface area contributed by atoms with Crippen LogP contribution in [0.3, 0.4) is 0 Å². The highest BCUT2D eigenvalue weighted by atomic mass is 35.5. The van der Waals surface area contributed by atoms with E-state index in [2.05, 4.69) is 18.2 Å². The molecule has 2 aromatic carbocycles. The van der Waals surface area contributed by atoms with E-state index in [0.29, 0.717) is 13.2 Å². The average molecular weight is 367 g/mol. The van der Waals surface area contributed by atoms with E-state index in [4.69, 9.17) is 27.8 Å². The summed E-state index contributed by atoms with van der Waals surface area (Å²) in [7, 11) is 0. The monoisotopic (exact) mass is 366 g/mol. The van der Waals surface area contributed by atoms with Crippen molar-refractivity contribution in [3.05, 3.63) is 64.2 Å². The third-order valence-electron chi connectivity index (χ3n) is 4.56. The minimum absolute atomic E-state index is 0. The van der Waals surface area contributed by atoms with E-state index < -0.39 is 0 Å². The standard InChI is InChI=1S/C19H23ClN2O.ClH/c20-18-4-2-1-3-14(18)11-17-16-12-15(23-10-9-21)7-5-13(16)6-8-19(17)22;/h1-5,7,12,17,19H,6,8-11,21-22H2;1H. The molecular formula is C19H24Cl2N2O. The molecule has 0 fully saturated rings. The van der Waals surface area contributed by atoms with E-state index in [-0.39, 0.29) is 24.4 Å². The highest BCUT2D eigenvalue weighted by molar-refractivity contribution is 6.31. The number of ether oxygens (including phenoxy) is 1. The van der Waals surface area contributed by atoms with Gasteiger partial charge in [-0.3, -0.25) is 0 Å². The van der Waals surface area contributed by atoms with Crippen LogP contribution < -0.4 is 16.2 Å². The fourth-order valence-electron chi connectivity index (χ4n) is 3.33. The fourth-order valence-corrected chi connectivity index (χ4v) is 3.54. The number of nitrogens with two attached hydrogens (primary N) is 2. The maximum atomic E-state index is 6.44. The number of fused-ring (bicyclic) bond motifs is 1. The number of benzene rings is 2. The summed E-state index contributed by atoms with van der Waals surface area (Å²) in [6.07, 6.45) is 2.88. The van der Waals surface area contributed by atoms with Crippen LogP contribution >= 0.6 is 24.0 Å². The van der Waals surface area contributed by atoms with Gasteiger partial charge in [-0.2, -0.15) is 0 Å². The number of rotatable bonds is 5. The molecule has 2 atom stereocenters. The van der Waals surface area contributed by atoms with Gasteiger partial charge in [0.1, 0.15) is 12.4 Å². The minimum atomic E-state index is 0. The summed E-state index contributed by atoms with van der Waals surface area (Å²) < 4.78 is 5.69. The Hall–Kier alpha value is -1.26. The van der Waals surface area contributed by atoms with Crippen molar-refractivity contribution in [3.8, 4) is 5.75 Å². The maximum Gasteiger partial charge on any atom is 0.119 e. The molecular weight excluding hydrogens is 343 g/mol. The Morgan fingerprint density at radius 3 is 2.71 bits per heavy atom. The van der Waals surface area contributed by atoms with Crippen molar-refractivity contribution in [2.45, 2.75) is 31.2 Å². The van der Waals surface area contributed by atoms with Crippen molar-refractivity contribution < 1.29 is 4.74 Å². The Morgan fingerprint density at radius 1 is 1.17 bits per heavy atom. The lowest BCUT2D eigenvalue weighted by Gasteiger charge is -2.32. The zero-order valence-corrected chi connectivity index (χ0v) is 15.2. The average Bonchev–Trinajstić information content (AvgIpc) is 2.57. The van der Waals surface area contributed by atoms with Crippen molar-refractivity contribution in [3.63, 3.8) is 0 Å². The number of hydrogen-bond donors (Lipinski definition) is 2. The van der Waals surface area contributed by atoms with Gasteiger partial charge in [-0.15, -0.1) is 12.4 Å². The highest BCUT2D eigenvalue weighted by Gasteiger charge is 2.28. The van der Waals surface area contributed by atoms with Gasteiger partial charge in [0.05, 0.1) is 0 Å². The van der Waals surface area contributed by atoms with Crippen molar-refractivity contribution in [2.24, 2.45) is 11.5 Å². The first-order chi connectivity index (χ1) is 11.2. The summed E-state index contributed by atoms with van der Waals surface area (Å²) in [6, 6.07) is 14.5. The Bertz CT molecular complexity index is 678. The Morgan fingerprint density at radius 2 is 1.96 bits per heavy atom. The molecule has 3 nitrogen and oxygen atoms in total. The largest absolute Gasteiger partial charge is 0.492 e.